The van der Waals surface area contributed by atoms with Gasteiger partial charge >= 0.3 is 0 Å². The summed E-state index contributed by atoms with van der Waals surface area (Å²) in [5, 5.41) is 2.31. The molecule has 3 N–H and O–H groups in total. The number of aromatic nitrogens is 1. The fraction of sp³-hybridized carbons (Fsp3) is 0.174. The SMILES string of the molecule is O=C(C1=CSNN1)N1CCN(C(=O)c2ccc(NS(=O)(=O)c3cccc4cccnc34)c(F)c2)CC1. The van der Waals surface area contributed by atoms with Crippen molar-refractivity contribution in [3.8, 4) is 0 Å². The molecule has 36 heavy (non-hydrogen) atoms. The number of sulfonamides is 1. The van der Waals surface area contributed by atoms with Gasteiger partial charge in [-0.05, 0) is 42.3 Å². The minimum Gasteiger partial charge on any atom is -0.335 e. The van der Waals surface area contributed by atoms with Crippen molar-refractivity contribution in [2.45, 2.75) is 4.90 Å². The number of fused-ring (bicyclic) bond motifs is 1. The second kappa shape index (κ2) is 9.76. The van der Waals surface area contributed by atoms with Crippen molar-refractivity contribution in [2.75, 3.05) is 30.9 Å². The molecule has 186 valence electrons. The van der Waals surface area contributed by atoms with Crippen molar-refractivity contribution in [1.82, 2.24) is 25.0 Å². The Bertz CT molecular complexity index is 1480. The van der Waals surface area contributed by atoms with Crippen LogP contribution in [0.5, 0.6) is 0 Å². The van der Waals surface area contributed by atoms with E-state index >= 15 is 0 Å². The maximum atomic E-state index is 14.9. The standard InChI is InChI=1S/C23H21FN6O4S2/c24-17-13-16(22(31)29-9-11-30(12-10-29)23(32)19-14-35-28-26-19)6-7-18(17)27-36(33,34)20-5-1-3-15-4-2-8-25-21(15)20/h1-8,13-14,26-28H,9-12H2. The van der Waals surface area contributed by atoms with Gasteiger partial charge in [0.1, 0.15) is 16.4 Å². The van der Waals surface area contributed by atoms with Crippen molar-refractivity contribution < 1.29 is 22.4 Å². The molecular formula is C23H21FN6O4S2. The van der Waals surface area contributed by atoms with E-state index in [1.54, 1.807) is 34.6 Å². The van der Waals surface area contributed by atoms with Gasteiger partial charge in [-0.2, -0.15) is 4.83 Å². The molecule has 0 saturated carbocycles. The molecular weight excluding hydrogens is 507 g/mol. The Labute approximate surface area is 210 Å². The van der Waals surface area contributed by atoms with Gasteiger partial charge in [0.05, 0.1) is 11.2 Å². The predicted octanol–water partition coefficient (Wildman–Crippen LogP) is 2.06. The van der Waals surface area contributed by atoms with Crippen LogP contribution in [-0.2, 0) is 14.8 Å². The number of hydrazine groups is 1. The van der Waals surface area contributed by atoms with E-state index in [0.29, 0.717) is 37.3 Å². The van der Waals surface area contributed by atoms with Crippen molar-refractivity contribution in [2.24, 2.45) is 0 Å². The number of halogens is 1. The van der Waals surface area contributed by atoms with Crippen LogP contribution in [0.25, 0.3) is 10.9 Å². The van der Waals surface area contributed by atoms with E-state index < -0.39 is 21.7 Å². The van der Waals surface area contributed by atoms with Crippen LogP contribution in [-0.4, -0.2) is 61.2 Å². The van der Waals surface area contributed by atoms with Gasteiger partial charge in [0.25, 0.3) is 21.8 Å². The highest BCUT2D eigenvalue weighted by Crippen LogP contribution is 2.25. The first kappa shape index (κ1) is 24.0. The third-order valence-electron chi connectivity index (χ3n) is 5.85. The lowest BCUT2D eigenvalue weighted by Gasteiger charge is -2.35. The third-order valence-corrected chi connectivity index (χ3v) is 7.82. The van der Waals surface area contributed by atoms with Gasteiger partial charge in [-0.15, -0.1) is 0 Å². The van der Waals surface area contributed by atoms with E-state index in [2.05, 4.69) is 20.0 Å². The highest BCUT2D eigenvalue weighted by molar-refractivity contribution is 8.00. The quantitative estimate of drug-likeness (QED) is 0.430. The summed E-state index contributed by atoms with van der Waals surface area (Å²) in [6.45, 7) is 1.27. The van der Waals surface area contributed by atoms with Gasteiger partial charge in [0.2, 0.25) is 0 Å². The first-order chi connectivity index (χ1) is 17.3. The Morgan fingerprint density at radius 1 is 1.00 bits per heavy atom. The number of nitrogens with zero attached hydrogens (tertiary/aromatic N) is 3. The van der Waals surface area contributed by atoms with Crippen LogP contribution in [0.2, 0.25) is 0 Å². The zero-order valence-electron chi connectivity index (χ0n) is 18.8. The van der Waals surface area contributed by atoms with Crippen LogP contribution in [0.4, 0.5) is 10.1 Å². The number of carbonyl (C=O) groups excluding carboxylic acids is 2. The Kier molecular flexibility index (Phi) is 6.51. The predicted molar refractivity (Wildman–Crippen MR) is 133 cm³/mol. The number of nitrogens with one attached hydrogen (secondary N) is 3. The number of anilines is 1. The van der Waals surface area contributed by atoms with Gasteiger partial charge in [-0.1, -0.05) is 18.2 Å². The molecule has 13 heteroatoms. The number of benzene rings is 2. The Hall–Kier alpha value is -3.68. The maximum absolute atomic E-state index is 14.9. The molecule has 1 saturated heterocycles. The zero-order chi connectivity index (χ0) is 25.3. The maximum Gasteiger partial charge on any atom is 0.272 e. The van der Waals surface area contributed by atoms with E-state index in [4.69, 9.17) is 0 Å². The zero-order valence-corrected chi connectivity index (χ0v) is 20.4. The minimum absolute atomic E-state index is 0.0782. The number of hydrogen-bond donors (Lipinski definition) is 3. The summed E-state index contributed by atoms with van der Waals surface area (Å²) in [4.78, 5) is 35.4. The lowest BCUT2D eigenvalue weighted by atomic mass is 10.1. The van der Waals surface area contributed by atoms with E-state index in [1.807, 2.05) is 0 Å². The number of piperazine rings is 1. The first-order valence-electron chi connectivity index (χ1n) is 10.9. The molecule has 3 heterocycles. The second-order valence-electron chi connectivity index (χ2n) is 8.09. The summed E-state index contributed by atoms with van der Waals surface area (Å²) in [5.41, 5.74) is 3.29. The number of pyridine rings is 1. The monoisotopic (exact) mass is 528 g/mol. The molecule has 1 aromatic heterocycles. The normalized spacial score (nSPS) is 16.0. The smallest absolute Gasteiger partial charge is 0.272 e. The molecule has 3 aromatic rings. The average Bonchev–Trinajstić information content (AvgIpc) is 3.44. The Morgan fingerprint density at radius 2 is 1.72 bits per heavy atom. The summed E-state index contributed by atoms with van der Waals surface area (Å²) in [5.74, 6) is -1.44. The number of amides is 2. The third kappa shape index (κ3) is 4.72. The second-order valence-corrected chi connectivity index (χ2v) is 10.4. The number of para-hydroxylation sites is 1. The highest BCUT2D eigenvalue weighted by Gasteiger charge is 2.28. The fourth-order valence-electron chi connectivity index (χ4n) is 4.00. The van der Waals surface area contributed by atoms with Gasteiger partial charge in [0.15, 0.2) is 0 Å². The van der Waals surface area contributed by atoms with Gasteiger partial charge in [0, 0.05) is 48.7 Å². The fourth-order valence-corrected chi connectivity index (χ4v) is 5.75. The van der Waals surface area contributed by atoms with Crippen LogP contribution >= 0.6 is 11.9 Å². The highest BCUT2D eigenvalue weighted by atomic mass is 32.2. The molecule has 0 atom stereocenters. The lowest BCUT2D eigenvalue weighted by molar-refractivity contribution is -0.129. The summed E-state index contributed by atoms with van der Waals surface area (Å²) in [6.07, 6.45) is 1.48. The molecule has 2 aromatic carbocycles. The van der Waals surface area contributed by atoms with E-state index in [0.717, 1.165) is 6.07 Å². The van der Waals surface area contributed by atoms with Crippen molar-refractivity contribution in [1.29, 1.82) is 0 Å². The minimum atomic E-state index is -4.14. The van der Waals surface area contributed by atoms with Crippen LogP contribution in [0.15, 0.2) is 70.7 Å². The van der Waals surface area contributed by atoms with Gasteiger partial charge in [-0.3, -0.25) is 19.3 Å². The Balaban J connectivity index is 1.27. The molecule has 0 radical (unpaired) electrons. The van der Waals surface area contributed by atoms with Crippen LogP contribution < -0.4 is 15.0 Å². The van der Waals surface area contributed by atoms with Gasteiger partial charge in [-0.25, -0.2) is 12.8 Å². The molecule has 0 bridgehead atoms. The van der Waals surface area contributed by atoms with E-state index in [1.165, 1.54) is 41.2 Å². The Morgan fingerprint density at radius 3 is 2.42 bits per heavy atom. The van der Waals surface area contributed by atoms with Gasteiger partial charge < -0.3 is 15.2 Å². The average molecular weight is 529 g/mol. The molecule has 10 nitrogen and oxygen atoms in total. The first-order valence-corrected chi connectivity index (χ1v) is 13.3. The number of rotatable bonds is 5. The topological polar surface area (TPSA) is 124 Å². The largest absolute Gasteiger partial charge is 0.335 e. The van der Waals surface area contributed by atoms with Crippen molar-refractivity contribution in [3.63, 3.8) is 0 Å². The van der Waals surface area contributed by atoms with Crippen molar-refractivity contribution >= 4 is 50.4 Å². The molecule has 2 amide bonds. The van der Waals surface area contributed by atoms with E-state index in [9.17, 15) is 22.4 Å². The molecule has 0 aliphatic carbocycles. The number of hydrogen-bond acceptors (Lipinski definition) is 8. The molecule has 5 rings (SSSR count). The lowest BCUT2D eigenvalue weighted by Crippen LogP contribution is -2.51. The van der Waals surface area contributed by atoms with E-state index in [-0.39, 0.29) is 27.6 Å². The van der Waals surface area contributed by atoms with Crippen LogP contribution in [0, 0.1) is 5.82 Å². The molecule has 1 fully saturated rings. The van der Waals surface area contributed by atoms with Crippen LogP contribution in [0.3, 0.4) is 0 Å². The summed E-state index contributed by atoms with van der Waals surface area (Å²) < 4.78 is 43.1. The summed E-state index contributed by atoms with van der Waals surface area (Å²) >= 11 is 1.27. The van der Waals surface area contributed by atoms with Crippen molar-refractivity contribution in [3.05, 3.63) is 77.2 Å². The number of carbonyl (C=O) groups is 2. The van der Waals surface area contributed by atoms with Crippen LogP contribution in [0.1, 0.15) is 10.4 Å². The molecule has 0 spiro atoms. The molecule has 2 aliphatic rings. The molecule has 0 unspecified atom stereocenters. The molecule has 2 aliphatic heterocycles. The summed E-state index contributed by atoms with van der Waals surface area (Å²) in [7, 11) is -4.14. The summed E-state index contributed by atoms with van der Waals surface area (Å²) in [6, 6.07) is 11.7.